The lowest BCUT2D eigenvalue weighted by Crippen LogP contribution is -2.29. The fourth-order valence-electron chi connectivity index (χ4n) is 1.06. The Morgan fingerprint density at radius 1 is 1.62 bits per heavy atom. The van der Waals surface area contributed by atoms with Crippen LogP contribution >= 0.6 is 39.3 Å². The predicted molar refractivity (Wildman–Crippen MR) is 74.5 cm³/mol. The second kappa shape index (κ2) is 6.52. The maximum Gasteiger partial charge on any atom is 0.251 e. The summed E-state index contributed by atoms with van der Waals surface area (Å²) in [4.78, 5) is 11.7. The van der Waals surface area contributed by atoms with Gasteiger partial charge in [0.2, 0.25) is 0 Å². The van der Waals surface area contributed by atoms with Gasteiger partial charge in [-0.3, -0.25) is 4.79 Å². The van der Waals surface area contributed by atoms with E-state index in [2.05, 4.69) is 28.2 Å². The summed E-state index contributed by atoms with van der Waals surface area (Å²) in [6.45, 7) is 2.74. The molecule has 1 aromatic carbocycles. The SMILES string of the molecule is CSC(C)CNC(=O)c1ccc(Cl)c(Br)c1. The molecule has 88 valence electrons. The molecule has 0 radical (unpaired) electrons. The van der Waals surface area contributed by atoms with E-state index in [9.17, 15) is 4.79 Å². The molecule has 0 saturated carbocycles. The van der Waals surface area contributed by atoms with E-state index in [1.165, 1.54) is 0 Å². The van der Waals surface area contributed by atoms with Gasteiger partial charge < -0.3 is 5.32 Å². The highest BCUT2D eigenvalue weighted by molar-refractivity contribution is 9.10. The number of carbonyl (C=O) groups excluding carboxylic acids is 1. The molecule has 1 aromatic rings. The summed E-state index contributed by atoms with van der Waals surface area (Å²) in [5.74, 6) is -0.0710. The van der Waals surface area contributed by atoms with Gasteiger partial charge in [-0.15, -0.1) is 0 Å². The number of hydrogen-bond acceptors (Lipinski definition) is 2. The molecule has 1 N–H and O–H groups in total. The third-order valence-corrected chi connectivity index (χ3v) is 4.32. The average Bonchev–Trinajstić information content (AvgIpc) is 2.29. The predicted octanol–water partition coefficient (Wildman–Crippen LogP) is 3.58. The minimum Gasteiger partial charge on any atom is -0.351 e. The monoisotopic (exact) mass is 321 g/mol. The van der Waals surface area contributed by atoms with Gasteiger partial charge in [-0.25, -0.2) is 0 Å². The van der Waals surface area contributed by atoms with Crippen molar-refractivity contribution in [2.24, 2.45) is 0 Å². The zero-order chi connectivity index (χ0) is 12.1. The second-order valence-corrected chi connectivity index (χ2v) is 5.92. The maximum absolute atomic E-state index is 11.7. The fraction of sp³-hybridized carbons (Fsp3) is 0.364. The highest BCUT2D eigenvalue weighted by Gasteiger charge is 2.08. The molecule has 16 heavy (non-hydrogen) atoms. The third-order valence-electron chi connectivity index (χ3n) is 2.13. The summed E-state index contributed by atoms with van der Waals surface area (Å²) >= 11 is 10.9. The molecule has 0 aliphatic rings. The van der Waals surface area contributed by atoms with Crippen molar-refractivity contribution >= 4 is 45.2 Å². The van der Waals surface area contributed by atoms with Gasteiger partial charge in [-0.1, -0.05) is 18.5 Å². The first kappa shape index (κ1) is 13.9. The molecule has 2 nitrogen and oxygen atoms in total. The molecule has 1 unspecified atom stereocenters. The Labute approximate surface area is 113 Å². The lowest BCUT2D eigenvalue weighted by molar-refractivity contribution is 0.0954. The van der Waals surface area contributed by atoms with E-state index in [1.807, 2.05) is 6.26 Å². The number of thioether (sulfide) groups is 1. The molecule has 0 heterocycles. The van der Waals surface area contributed by atoms with Gasteiger partial charge in [-0.05, 0) is 40.4 Å². The van der Waals surface area contributed by atoms with Gasteiger partial charge in [0.1, 0.15) is 0 Å². The van der Waals surface area contributed by atoms with E-state index in [4.69, 9.17) is 11.6 Å². The van der Waals surface area contributed by atoms with Crippen LogP contribution in [0.1, 0.15) is 17.3 Å². The van der Waals surface area contributed by atoms with Crippen molar-refractivity contribution < 1.29 is 4.79 Å². The zero-order valence-electron chi connectivity index (χ0n) is 9.09. The van der Waals surface area contributed by atoms with Crippen LogP contribution in [0, 0.1) is 0 Å². The minimum absolute atomic E-state index is 0.0710. The highest BCUT2D eigenvalue weighted by Crippen LogP contribution is 2.23. The van der Waals surface area contributed by atoms with Gasteiger partial charge in [0.05, 0.1) is 5.02 Å². The Morgan fingerprint density at radius 2 is 2.31 bits per heavy atom. The number of halogens is 2. The van der Waals surface area contributed by atoms with Gasteiger partial charge >= 0.3 is 0 Å². The van der Waals surface area contributed by atoms with Crippen molar-refractivity contribution in [3.8, 4) is 0 Å². The topological polar surface area (TPSA) is 29.1 Å². The van der Waals surface area contributed by atoms with Crippen molar-refractivity contribution in [3.05, 3.63) is 33.3 Å². The Morgan fingerprint density at radius 3 is 2.88 bits per heavy atom. The number of benzene rings is 1. The first-order valence-electron chi connectivity index (χ1n) is 4.80. The average molecular weight is 323 g/mol. The molecule has 1 rings (SSSR count). The lowest BCUT2D eigenvalue weighted by atomic mass is 10.2. The summed E-state index contributed by atoms with van der Waals surface area (Å²) in [6, 6.07) is 5.14. The summed E-state index contributed by atoms with van der Waals surface area (Å²) in [5, 5.41) is 3.89. The van der Waals surface area contributed by atoms with E-state index >= 15 is 0 Å². The smallest absolute Gasteiger partial charge is 0.251 e. The highest BCUT2D eigenvalue weighted by atomic mass is 79.9. The molecule has 1 amide bonds. The van der Waals surface area contributed by atoms with Crippen LogP contribution in [0.3, 0.4) is 0 Å². The number of nitrogens with one attached hydrogen (secondary N) is 1. The number of amides is 1. The lowest BCUT2D eigenvalue weighted by Gasteiger charge is -2.10. The molecule has 0 aliphatic heterocycles. The van der Waals surface area contributed by atoms with Crippen molar-refractivity contribution in [3.63, 3.8) is 0 Å². The molecule has 0 aromatic heterocycles. The maximum atomic E-state index is 11.7. The van der Waals surface area contributed by atoms with Crippen LogP contribution in [0.4, 0.5) is 0 Å². The summed E-state index contributed by atoms with van der Waals surface area (Å²) in [6.07, 6.45) is 2.02. The van der Waals surface area contributed by atoms with Gasteiger partial charge in [-0.2, -0.15) is 11.8 Å². The molecule has 5 heteroatoms. The van der Waals surface area contributed by atoms with Crippen LogP contribution in [-0.4, -0.2) is 24.0 Å². The van der Waals surface area contributed by atoms with Crippen molar-refractivity contribution in [2.45, 2.75) is 12.2 Å². The molecule has 1 atom stereocenters. The van der Waals surface area contributed by atoms with E-state index in [-0.39, 0.29) is 5.91 Å². The molecular weight excluding hydrogens is 310 g/mol. The van der Waals surface area contributed by atoms with Crippen LogP contribution in [0.2, 0.25) is 5.02 Å². The first-order valence-corrected chi connectivity index (χ1v) is 7.26. The van der Waals surface area contributed by atoms with Crippen LogP contribution in [0.5, 0.6) is 0 Å². The quantitative estimate of drug-likeness (QED) is 0.918. The minimum atomic E-state index is -0.0710. The second-order valence-electron chi connectivity index (χ2n) is 3.39. The molecule has 0 saturated heterocycles. The van der Waals surface area contributed by atoms with Gasteiger partial charge in [0, 0.05) is 21.8 Å². The number of carbonyl (C=O) groups is 1. The zero-order valence-corrected chi connectivity index (χ0v) is 12.2. The van der Waals surface area contributed by atoms with Crippen LogP contribution in [-0.2, 0) is 0 Å². The van der Waals surface area contributed by atoms with E-state index < -0.39 is 0 Å². The van der Waals surface area contributed by atoms with E-state index in [0.29, 0.717) is 22.4 Å². The van der Waals surface area contributed by atoms with Crippen molar-refractivity contribution in [1.82, 2.24) is 5.32 Å². The Bertz CT molecular complexity index is 386. The summed E-state index contributed by atoms with van der Waals surface area (Å²) < 4.78 is 0.736. The van der Waals surface area contributed by atoms with Crippen molar-refractivity contribution in [1.29, 1.82) is 0 Å². The summed E-state index contributed by atoms with van der Waals surface area (Å²) in [7, 11) is 0. The van der Waals surface area contributed by atoms with Gasteiger partial charge in [0.25, 0.3) is 5.91 Å². The largest absolute Gasteiger partial charge is 0.351 e. The molecular formula is C11H13BrClNOS. The van der Waals surface area contributed by atoms with Crippen molar-refractivity contribution in [2.75, 3.05) is 12.8 Å². The molecule has 0 spiro atoms. The van der Waals surface area contributed by atoms with Gasteiger partial charge in [0.15, 0.2) is 0 Å². The Balaban J connectivity index is 2.63. The van der Waals surface area contributed by atoms with Crippen LogP contribution in [0.15, 0.2) is 22.7 Å². The molecule has 0 fully saturated rings. The first-order chi connectivity index (χ1) is 7.54. The van der Waals surface area contributed by atoms with E-state index in [0.717, 1.165) is 4.47 Å². The normalized spacial score (nSPS) is 12.2. The number of hydrogen-bond donors (Lipinski definition) is 1. The Hall–Kier alpha value is -0.190. The number of rotatable bonds is 4. The fourth-order valence-corrected chi connectivity index (χ4v) is 1.81. The standard InChI is InChI=1S/C11H13BrClNOS/c1-7(16-2)6-14-11(15)8-3-4-10(13)9(12)5-8/h3-5,7H,6H2,1-2H3,(H,14,15). The third kappa shape index (κ3) is 4.00. The van der Waals surface area contributed by atoms with E-state index in [1.54, 1.807) is 30.0 Å². The van der Waals surface area contributed by atoms with Crippen LogP contribution in [0.25, 0.3) is 0 Å². The summed E-state index contributed by atoms with van der Waals surface area (Å²) in [5.41, 5.74) is 0.615. The van der Waals surface area contributed by atoms with Crippen LogP contribution < -0.4 is 5.32 Å². The molecule has 0 aliphatic carbocycles. The molecule has 0 bridgehead atoms. The Kier molecular flexibility index (Phi) is 5.66.